The van der Waals surface area contributed by atoms with E-state index < -0.39 is 30.4 Å². The number of anilines is 1. The Kier molecular flexibility index (Phi) is 6.18. The number of rotatable bonds is 6. The molecule has 4 atom stereocenters. The van der Waals surface area contributed by atoms with Crippen molar-refractivity contribution in [3.8, 4) is 11.8 Å². The van der Waals surface area contributed by atoms with Crippen LogP contribution in [0.5, 0.6) is 0 Å². The van der Waals surface area contributed by atoms with Crippen LogP contribution < -0.4 is 16.4 Å². The first-order chi connectivity index (χ1) is 16.9. The summed E-state index contributed by atoms with van der Waals surface area (Å²) >= 11 is 0. The van der Waals surface area contributed by atoms with Crippen molar-refractivity contribution in [1.82, 2.24) is 35.1 Å². The molecule has 35 heavy (non-hydrogen) atoms. The van der Waals surface area contributed by atoms with E-state index in [1.807, 2.05) is 0 Å². The van der Waals surface area contributed by atoms with Gasteiger partial charge in [-0.05, 0) is 37.5 Å². The minimum Gasteiger partial charge on any atom is -0.387 e. The maximum atomic E-state index is 12.4. The molecule has 6 N–H and O–H groups in total. The van der Waals surface area contributed by atoms with Crippen molar-refractivity contribution in [3.05, 3.63) is 12.2 Å². The summed E-state index contributed by atoms with van der Waals surface area (Å²) in [6.07, 6.45) is 0.187. The first-order valence-corrected chi connectivity index (χ1v) is 11.6. The summed E-state index contributed by atoms with van der Waals surface area (Å²) in [5.41, 5.74) is 6.57. The Morgan fingerprint density at radius 1 is 1.26 bits per heavy atom. The van der Waals surface area contributed by atoms with Crippen molar-refractivity contribution in [2.24, 2.45) is 5.92 Å². The summed E-state index contributed by atoms with van der Waals surface area (Å²) in [7, 11) is 1.57. The molecule has 2 aromatic heterocycles. The number of nitrogens with zero attached hydrogens (tertiary/aromatic N) is 5. The van der Waals surface area contributed by atoms with Crippen LogP contribution >= 0.6 is 0 Å². The van der Waals surface area contributed by atoms with Gasteiger partial charge in [0.2, 0.25) is 5.82 Å². The number of nitrogen functional groups attached to an aromatic ring is 1. The standard InChI is InChI=1S/C22H28N8O5/c1-24-22(34)29(9-11-4-5-11)8-2-3-13-27-18(23)14-19(28-13)30(10-25-14)21-16(32)15(31)17(35-21)20(33)26-12-6-7-12/h10-12,15-17,21,31-32H,4-9H2,1H3,(H,24,34)(H,26,33)(H2,23,27,28)/t15?,16?,17-,21+/m0/s1. The fourth-order valence-electron chi connectivity index (χ4n) is 4.00. The Labute approximate surface area is 201 Å². The van der Waals surface area contributed by atoms with Gasteiger partial charge in [-0.1, -0.05) is 5.92 Å². The van der Waals surface area contributed by atoms with E-state index >= 15 is 0 Å². The Bertz CT molecular complexity index is 1200. The number of hydrogen-bond donors (Lipinski definition) is 5. The fraction of sp³-hybridized carbons (Fsp3) is 0.591. The SMILES string of the molecule is CNC(=O)N(CC#Cc1nc(N)c2ncn([C@@H]3O[C@H](C(=O)NC4CC4)C(O)C3O)c2n1)CC1CC1. The first kappa shape index (κ1) is 23.3. The van der Waals surface area contributed by atoms with E-state index in [1.54, 1.807) is 11.9 Å². The third-order valence-electron chi connectivity index (χ3n) is 6.29. The van der Waals surface area contributed by atoms with Gasteiger partial charge >= 0.3 is 6.03 Å². The number of fused-ring (bicyclic) bond motifs is 1. The Balaban J connectivity index is 1.36. The van der Waals surface area contributed by atoms with Gasteiger partial charge in [-0.25, -0.2) is 19.7 Å². The van der Waals surface area contributed by atoms with Crippen LogP contribution in [-0.2, 0) is 9.53 Å². The molecule has 2 saturated carbocycles. The normalized spacial score (nSPS) is 25.7. The molecular formula is C22H28N8O5. The molecule has 2 aromatic rings. The van der Waals surface area contributed by atoms with Crippen molar-refractivity contribution in [2.75, 3.05) is 25.9 Å². The monoisotopic (exact) mass is 484 g/mol. The summed E-state index contributed by atoms with van der Waals surface area (Å²) in [5, 5.41) is 26.4. The lowest BCUT2D eigenvalue weighted by molar-refractivity contribution is -0.137. The smallest absolute Gasteiger partial charge is 0.317 e. The third kappa shape index (κ3) is 4.86. The van der Waals surface area contributed by atoms with Gasteiger partial charge in [-0.15, -0.1) is 0 Å². The zero-order valence-corrected chi connectivity index (χ0v) is 19.2. The van der Waals surface area contributed by atoms with Crippen molar-refractivity contribution < 1.29 is 24.5 Å². The van der Waals surface area contributed by atoms with Crippen molar-refractivity contribution in [1.29, 1.82) is 0 Å². The second-order valence-electron chi connectivity index (χ2n) is 9.15. The first-order valence-electron chi connectivity index (χ1n) is 11.6. The molecule has 0 radical (unpaired) electrons. The second kappa shape index (κ2) is 9.29. The number of hydrogen-bond acceptors (Lipinski definition) is 9. The molecule has 13 nitrogen and oxygen atoms in total. The minimum absolute atomic E-state index is 0.0789. The molecule has 13 heteroatoms. The van der Waals surface area contributed by atoms with E-state index in [0.29, 0.717) is 12.5 Å². The van der Waals surface area contributed by atoms with Crippen molar-refractivity contribution >= 4 is 28.9 Å². The van der Waals surface area contributed by atoms with Crippen molar-refractivity contribution in [3.63, 3.8) is 0 Å². The Morgan fingerprint density at radius 2 is 2.03 bits per heavy atom. The lowest BCUT2D eigenvalue weighted by atomic mass is 10.1. The molecule has 3 fully saturated rings. The number of ether oxygens (including phenoxy) is 1. The van der Waals surface area contributed by atoms with Gasteiger partial charge in [0.25, 0.3) is 5.91 Å². The van der Waals surface area contributed by atoms with Gasteiger partial charge in [0.05, 0.1) is 12.9 Å². The fourth-order valence-corrected chi connectivity index (χ4v) is 4.00. The van der Waals surface area contributed by atoms with Gasteiger partial charge in [0.1, 0.15) is 17.7 Å². The third-order valence-corrected chi connectivity index (χ3v) is 6.29. The van der Waals surface area contributed by atoms with Crippen molar-refractivity contribution in [2.45, 2.75) is 56.3 Å². The predicted octanol–water partition coefficient (Wildman–Crippen LogP) is -1.29. The van der Waals surface area contributed by atoms with Gasteiger partial charge < -0.3 is 36.2 Å². The van der Waals surface area contributed by atoms with E-state index in [9.17, 15) is 19.8 Å². The quantitative estimate of drug-likeness (QED) is 0.312. The number of imidazole rings is 1. The number of aromatic nitrogens is 4. The summed E-state index contributed by atoms with van der Waals surface area (Å²) in [6.45, 7) is 0.836. The zero-order valence-electron chi connectivity index (χ0n) is 19.2. The molecule has 2 aliphatic carbocycles. The van der Waals surface area contributed by atoms with E-state index in [2.05, 4.69) is 37.4 Å². The Morgan fingerprint density at radius 3 is 2.71 bits per heavy atom. The summed E-state index contributed by atoms with van der Waals surface area (Å²) in [5.74, 6) is 5.97. The average Bonchev–Trinajstić information content (AvgIpc) is 3.76. The molecular weight excluding hydrogens is 456 g/mol. The van der Waals surface area contributed by atoms with E-state index in [4.69, 9.17) is 10.5 Å². The minimum atomic E-state index is -1.42. The molecule has 186 valence electrons. The second-order valence-corrected chi connectivity index (χ2v) is 9.15. The number of urea groups is 1. The zero-order chi connectivity index (χ0) is 24.7. The number of carbonyl (C=O) groups is 2. The van der Waals surface area contributed by atoms with Crippen LogP contribution in [0.3, 0.4) is 0 Å². The number of nitrogens with one attached hydrogen (secondary N) is 2. The molecule has 3 aliphatic rings. The molecule has 3 amide bonds. The average molecular weight is 485 g/mol. The van der Waals surface area contributed by atoms with Crippen LogP contribution in [0.4, 0.5) is 10.6 Å². The summed E-state index contributed by atoms with van der Waals surface area (Å²) in [6, 6.07) is -0.118. The molecule has 3 heterocycles. The van der Waals surface area contributed by atoms with Gasteiger partial charge in [0.15, 0.2) is 23.8 Å². The summed E-state index contributed by atoms with van der Waals surface area (Å²) < 4.78 is 7.13. The van der Waals surface area contributed by atoms with Gasteiger partial charge in [-0.2, -0.15) is 0 Å². The van der Waals surface area contributed by atoms with Crippen LogP contribution in [0.15, 0.2) is 6.33 Å². The number of aliphatic hydroxyl groups is 2. The van der Waals surface area contributed by atoms with E-state index in [0.717, 1.165) is 25.7 Å². The topological polar surface area (TPSA) is 181 Å². The lowest BCUT2D eigenvalue weighted by Crippen LogP contribution is -2.43. The van der Waals surface area contributed by atoms with E-state index in [-0.39, 0.29) is 41.4 Å². The molecule has 2 unspecified atom stereocenters. The number of carbonyl (C=O) groups excluding carboxylic acids is 2. The molecule has 0 bridgehead atoms. The highest BCUT2D eigenvalue weighted by atomic mass is 16.6. The number of nitrogens with two attached hydrogens (primary N) is 1. The highest BCUT2D eigenvalue weighted by Gasteiger charge is 2.48. The number of amides is 3. The highest BCUT2D eigenvalue weighted by Crippen LogP contribution is 2.33. The van der Waals surface area contributed by atoms with Crippen LogP contribution in [0, 0.1) is 17.8 Å². The van der Waals surface area contributed by atoms with Crippen LogP contribution in [0.25, 0.3) is 11.2 Å². The van der Waals surface area contributed by atoms with Crippen LogP contribution in [-0.4, -0.2) is 91.1 Å². The largest absolute Gasteiger partial charge is 0.387 e. The van der Waals surface area contributed by atoms with Gasteiger partial charge in [-0.3, -0.25) is 9.36 Å². The van der Waals surface area contributed by atoms with Gasteiger partial charge in [0, 0.05) is 19.6 Å². The maximum absolute atomic E-state index is 12.4. The van der Waals surface area contributed by atoms with E-state index in [1.165, 1.54) is 10.9 Å². The molecule has 1 aliphatic heterocycles. The van der Waals surface area contributed by atoms with Crippen LogP contribution in [0.1, 0.15) is 37.7 Å². The Hall–Kier alpha value is -3.47. The summed E-state index contributed by atoms with van der Waals surface area (Å²) in [4.78, 5) is 38.9. The number of aliphatic hydroxyl groups excluding tert-OH is 2. The maximum Gasteiger partial charge on any atom is 0.317 e. The highest BCUT2D eigenvalue weighted by molar-refractivity contribution is 5.83. The van der Waals surface area contributed by atoms with Crippen LogP contribution in [0.2, 0.25) is 0 Å². The predicted molar refractivity (Wildman–Crippen MR) is 122 cm³/mol. The molecule has 0 spiro atoms. The molecule has 0 aromatic carbocycles. The molecule has 5 rings (SSSR count). The molecule has 1 saturated heterocycles. The lowest BCUT2D eigenvalue weighted by Gasteiger charge is -2.19.